The maximum Gasteiger partial charge on any atom is 0.573 e. The van der Waals surface area contributed by atoms with Gasteiger partial charge in [-0.25, -0.2) is 4.98 Å². The van der Waals surface area contributed by atoms with E-state index in [0.717, 1.165) is 0 Å². The van der Waals surface area contributed by atoms with Crippen LogP contribution in [0.25, 0.3) is 0 Å². The minimum absolute atomic E-state index is 0.121. The maximum absolute atomic E-state index is 12.5. The summed E-state index contributed by atoms with van der Waals surface area (Å²) in [6.45, 7) is 0. The molecule has 1 heterocycles. The molecular formula is C9H4F6N2O2. The van der Waals surface area contributed by atoms with E-state index in [1.807, 2.05) is 0 Å². The number of hydrogen-bond donors (Lipinski definition) is 1. The van der Waals surface area contributed by atoms with E-state index in [-0.39, 0.29) is 6.07 Å². The van der Waals surface area contributed by atoms with Gasteiger partial charge in [0.15, 0.2) is 11.4 Å². The molecule has 0 amide bonds. The molecule has 0 aliphatic carbocycles. The number of pyridine rings is 1. The number of rotatable bonds is 2. The van der Waals surface area contributed by atoms with Crippen LogP contribution >= 0.6 is 0 Å². The minimum atomic E-state index is -5.37. The summed E-state index contributed by atoms with van der Waals surface area (Å²) in [6.07, 6.45) is -11.3. The SMILES string of the molecule is N#CCc1nc(C(F)(F)F)c(OC(F)(F)F)cc1O. The van der Waals surface area contributed by atoms with Gasteiger partial charge in [0.05, 0.1) is 18.2 Å². The summed E-state index contributed by atoms with van der Waals surface area (Å²) < 4.78 is 76.5. The normalized spacial score (nSPS) is 12.1. The molecule has 0 saturated carbocycles. The lowest BCUT2D eigenvalue weighted by atomic mass is 10.2. The Kier molecular flexibility index (Phi) is 3.78. The lowest BCUT2D eigenvalue weighted by Gasteiger charge is -2.15. The highest BCUT2D eigenvalue weighted by Gasteiger charge is 2.41. The fourth-order valence-corrected chi connectivity index (χ4v) is 1.13. The molecule has 0 fully saturated rings. The van der Waals surface area contributed by atoms with E-state index < -0.39 is 41.8 Å². The van der Waals surface area contributed by atoms with E-state index in [4.69, 9.17) is 5.26 Å². The predicted octanol–water partition coefficient (Wildman–Crippen LogP) is 2.77. The van der Waals surface area contributed by atoms with Crippen LogP contribution in [0.4, 0.5) is 26.3 Å². The van der Waals surface area contributed by atoms with Crippen molar-refractivity contribution in [3.63, 3.8) is 0 Å². The van der Waals surface area contributed by atoms with Crippen LogP contribution in [0.1, 0.15) is 11.4 Å². The molecule has 0 spiro atoms. The average Bonchev–Trinajstić information content (AvgIpc) is 2.17. The van der Waals surface area contributed by atoms with Gasteiger partial charge in [0.25, 0.3) is 0 Å². The zero-order valence-electron chi connectivity index (χ0n) is 8.80. The largest absolute Gasteiger partial charge is 0.573 e. The van der Waals surface area contributed by atoms with Crippen LogP contribution in [0.5, 0.6) is 11.5 Å². The molecule has 0 atom stereocenters. The standard InChI is InChI=1S/C9H4F6N2O2/c10-8(11,12)7-6(19-9(13,14)15)3-5(18)4(17-7)1-2-16/h3,18H,1H2. The smallest absolute Gasteiger partial charge is 0.506 e. The lowest BCUT2D eigenvalue weighted by molar-refractivity contribution is -0.276. The molecule has 0 aromatic carbocycles. The number of nitrogens with zero attached hydrogens (tertiary/aromatic N) is 2. The second-order valence-corrected chi connectivity index (χ2v) is 3.18. The summed E-state index contributed by atoms with van der Waals surface area (Å²) in [5.74, 6) is -2.67. The Labute approximate surface area is 101 Å². The molecule has 0 radical (unpaired) electrons. The van der Waals surface area contributed by atoms with Crippen LogP contribution < -0.4 is 4.74 Å². The van der Waals surface area contributed by atoms with Gasteiger partial charge < -0.3 is 9.84 Å². The zero-order chi connectivity index (χ0) is 14.8. The van der Waals surface area contributed by atoms with Gasteiger partial charge in [-0.1, -0.05) is 0 Å². The van der Waals surface area contributed by atoms with Gasteiger partial charge in [0.2, 0.25) is 0 Å². The minimum Gasteiger partial charge on any atom is -0.506 e. The highest BCUT2D eigenvalue weighted by Crippen LogP contribution is 2.39. The first-order valence-corrected chi connectivity index (χ1v) is 4.47. The highest BCUT2D eigenvalue weighted by molar-refractivity contribution is 5.41. The lowest BCUT2D eigenvalue weighted by Crippen LogP contribution is -2.21. The van der Waals surface area contributed by atoms with Crippen LogP contribution in [0.3, 0.4) is 0 Å². The average molecular weight is 286 g/mol. The zero-order valence-corrected chi connectivity index (χ0v) is 8.80. The Bertz CT molecular complexity index is 517. The van der Waals surface area contributed by atoms with Crippen molar-refractivity contribution in [1.82, 2.24) is 4.98 Å². The number of nitriles is 1. The van der Waals surface area contributed by atoms with Crippen molar-refractivity contribution < 1.29 is 36.2 Å². The maximum atomic E-state index is 12.5. The molecule has 1 rings (SSSR count). The summed E-state index contributed by atoms with van der Waals surface area (Å²) in [7, 11) is 0. The van der Waals surface area contributed by atoms with Gasteiger partial charge in [-0.05, 0) is 0 Å². The van der Waals surface area contributed by atoms with Crippen LogP contribution in [0, 0.1) is 11.3 Å². The number of ether oxygens (including phenoxy) is 1. The van der Waals surface area contributed by atoms with Crippen molar-refractivity contribution in [2.24, 2.45) is 0 Å². The first kappa shape index (κ1) is 14.9. The van der Waals surface area contributed by atoms with E-state index >= 15 is 0 Å². The highest BCUT2D eigenvalue weighted by atomic mass is 19.4. The van der Waals surface area contributed by atoms with Gasteiger partial charge in [-0.2, -0.15) is 18.4 Å². The van der Waals surface area contributed by atoms with Gasteiger partial charge in [0, 0.05) is 6.07 Å². The fourth-order valence-electron chi connectivity index (χ4n) is 1.13. The Morgan fingerprint density at radius 1 is 1.26 bits per heavy atom. The van der Waals surface area contributed by atoms with E-state index in [0.29, 0.717) is 0 Å². The quantitative estimate of drug-likeness (QED) is 0.849. The number of aromatic nitrogens is 1. The van der Waals surface area contributed by atoms with Gasteiger partial charge in [-0.15, -0.1) is 13.2 Å². The molecule has 19 heavy (non-hydrogen) atoms. The molecular weight excluding hydrogens is 282 g/mol. The Morgan fingerprint density at radius 3 is 2.26 bits per heavy atom. The van der Waals surface area contributed by atoms with Crippen molar-refractivity contribution >= 4 is 0 Å². The molecule has 0 saturated heterocycles. The van der Waals surface area contributed by atoms with Crippen LogP contribution in [0.15, 0.2) is 6.07 Å². The number of alkyl halides is 6. The van der Waals surface area contributed by atoms with E-state index in [1.165, 1.54) is 6.07 Å². The first-order valence-electron chi connectivity index (χ1n) is 4.47. The molecule has 104 valence electrons. The molecule has 10 heteroatoms. The van der Waals surface area contributed by atoms with Crippen LogP contribution in [-0.4, -0.2) is 16.5 Å². The molecule has 0 aliphatic rings. The fraction of sp³-hybridized carbons (Fsp3) is 0.333. The second-order valence-electron chi connectivity index (χ2n) is 3.18. The summed E-state index contributed by atoms with van der Waals surface area (Å²) in [6, 6.07) is 1.54. The van der Waals surface area contributed by atoms with Crippen molar-refractivity contribution in [3.05, 3.63) is 17.5 Å². The summed E-state index contributed by atoms with van der Waals surface area (Å²) in [5, 5.41) is 17.5. The monoisotopic (exact) mass is 286 g/mol. The summed E-state index contributed by atoms with van der Waals surface area (Å²) >= 11 is 0. The molecule has 0 unspecified atom stereocenters. The van der Waals surface area contributed by atoms with Crippen molar-refractivity contribution in [1.29, 1.82) is 5.26 Å². The van der Waals surface area contributed by atoms with Gasteiger partial charge in [-0.3, -0.25) is 0 Å². The number of aromatic hydroxyl groups is 1. The van der Waals surface area contributed by atoms with Gasteiger partial charge >= 0.3 is 12.5 Å². The van der Waals surface area contributed by atoms with E-state index in [9.17, 15) is 31.4 Å². The molecule has 1 aromatic heterocycles. The second kappa shape index (κ2) is 4.83. The molecule has 0 bridgehead atoms. The summed E-state index contributed by atoms with van der Waals surface area (Å²) in [4.78, 5) is 2.79. The molecule has 4 nitrogen and oxygen atoms in total. The van der Waals surface area contributed by atoms with E-state index in [2.05, 4.69) is 9.72 Å². The predicted molar refractivity (Wildman–Crippen MR) is 46.9 cm³/mol. The van der Waals surface area contributed by atoms with Crippen molar-refractivity contribution in [2.45, 2.75) is 19.0 Å². The van der Waals surface area contributed by atoms with Gasteiger partial charge in [0.1, 0.15) is 5.75 Å². The first-order chi connectivity index (χ1) is 8.54. The Balaban J connectivity index is 3.38. The Morgan fingerprint density at radius 2 is 1.84 bits per heavy atom. The number of halogens is 6. The summed E-state index contributed by atoms with van der Waals surface area (Å²) in [5.41, 5.74) is -2.66. The van der Waals surface area contributed by atoms with Crippen molar-refractivity contribution in [3.8, 4) is 17.6 Å². The third kappa shape index (κ3) is 3.90. The number of hydrogen-bond acceptors (Lipinski definition) is 4. The molecule has 0 aliphatic heterocycles. The third-order valence-electron chi connectivity index (χ3n) is 1.78. The molecule has 1 aromatic rings. The van der Waals surface area contributed by atoms with Crippen LogP contribution in [0.2, 0.25) is 0 Å². The van der Waals surface area contributed by atoms with E-state index in [1.54, 1.807) is 0 Å². The van der Waals surface area contributed by atoms with Crippen molar-refractivity contribution in [2.75, 3.05) is 0 Å². The molecule has 1 N–H and O–H groups in total. The Hall–Kier alpha value is -2.18. The topological polar surface area (TPSA) is 66.1 Å². The third-order valence-corrected chi connectivity index (χ3v) is 1.78. The van der Waals surface area contributed by atoms with Crippen LogP contribution in [-0.2, 0) is 12.6 Å².